The van der Waals surface area contributed by atoms with Gasteiger partial charge in [0.15, 0.2) is 0 Å². The van der Waals surface area contributed by atoms with E-state index >= 15 is 0 Å². The molecule has 0 aromatic heterocycles. The summed E-state index contributed by atoms with van der Waals surface area (Å²) in [5.41, 5.74) is 4.94. The SMILES string of the molecule is O=C(COCC(=O)N1CCN(C(c2ccccc2)c2ccccc2)CC1)Nc1ccccc1Cc1cccc(C(=O)O)c1.[NaH]. The van der Waals surface area contributed by atoms with E-state index in [9.17, 15) is 19.5 Å². The van der Waals surface area contributed by atoms with Crippen LogP contribution < -0.4 is 5.32 Å². The van der Waals surface area contributed by atoms with Crippen LogP contribution >= 0.6 is 0 Å². The van der Waals surface area contributed by atoms with E-state index < -0.39 is 5.97 Å². The van der Waals surface area contributed by atoms with Gasteiger partial charge in [0.2, 0.25) is 11.8 Å². The Morgan fingerprint density at radius 3 is 2.00 bits per heavy atom. The molecule has 44 heavy (non-hydrogen) atoms. The zero-order chi connectivity index (χ0) is 30.0. The number of nitrogens with zero attached hydrogens (tertiary/aromatic N) is 2. The number of piperazine rings is 1. The first-order valence-corrected chi connectivity index (χ1v) is 14.4. The normalized spacial score (nSPS) is 13.2. The number of carbonyl (C=O) groups is 3. The van der Waals surface area contributed by atoms with Crippen molar-refractivity contribution in [2.24, 2.45) is 0 Å². The van der Waals surface area contributed by atoms with Gasteiger partial charge in [-0.3, -0.25) is 14.5 Å². The van der Waals surface area contributed by atoms with Crippen LogP contribution in [0, 0.1) is 0 Å². The molecule has 222 valence electrons. The molecule has 5 rings (SSSR count). The third-order valence-corrected chi connectivity index (χ3v) is 7.58. The van der Waals surface area contributed by atoms with Gasteiger partial charge in [-0.2, -0.15) is 0 Å². The van der Waals surface area contributed by atoms with Gasteiger partial charge in [0, 0.05) is 31.9 Å². The number of carboxylic acids is 1. The average molecular weight is 602 g/mol. The molecule has 9 heteroatoms. The first-order chi connectivity index (χ1) is 21.0. The number of carbonyl (C=O) groups excluding carboxylic acids is 2. The molecule has 2 N–H and O–H groups in total. The van der Waals surface area contributed by atoms with Crippen LogP contribution in [-0.2, 0) is 20.7 Å². The molecule has 0 bridgehead atoms. The quantitative estimate of drug-likeness (QED) is 0.250. The van der Waals surface area contributed by atoms with Crippen molar-refractivity contribution in [1.29, 1.82) is 0 Å². The van der Waals surface area contributed by atoms with Gasteiger partial charge in [0.25, 0.3) is 0 Å². The Morgan fingerprint density at radius 2 is 1.36 bits per heavy atom. The Hall–Kier alpha value is -3.79. The van der Waals surface area contributed by atoms with Crippen molar-refractivity contribution >= 4 is 53.0 Å². The van der Waals surface area contributed by atoms with E-state index in [1.165, 1.54) is 11.1 Å². The maximum atomic E-state index is 12.9. The summed E-state index contributed by atoms with van der Waals surface area (Å²) in [7, 11) is 0. The van der Waals surface area contributed by atoms with Crippen LogP contribution in [0.2, 0.25) is 0 Å². The number of hydrogen-bond donors (Lipinski definition) is 2. The summed E-state index contributed by atoms with van der Waals surface area (Å²) in [4.78, 5) is 41.1. The van der Waals surface area contributed by atoms with Crippen LogP contribution in [-0.4, -0.2) is 102 Å². The van der Waals surface area contributed by atoms with E-state index in [-0.39, 0.29) is 66.2 Å². The van der Waals surface area contributed by atoms with Crippen molar-refractivity contribution in [3.05, 3.63) is 137 Å². The van der Waals surface area contributed by atoms with Crippen LogP contribution in [0.25, 0.3) is 0 Å². The standard InChI is InChI=1S/C35H35N3O5.Na.H/c39-32(36-31-17-8-7-15-29(31)22-26-10-9-16-30(23-26)35(41)42)24-43-25-33(40)37-18-20-38(21-19-37)34(27-11-3-1-4-12-27)28-13-5-2-6-14-28;;/h1-17,23,34H,18-22,24-25H2,(H,36,39)(H,41,42);;. The summed E-state index contributed by atoms with van der Waals surface area (Å²) in [6, 6.07) is 35.0. The number of para-hydroxylation sites is 1. The third kappa shape index (κ3) is 8.87. The molecule has 1 aliphatic heterocycles. The number of nitrogens with one attached hydrogen (secondary N) is 1. The van der Waals surface area contributed by atoms with Gasteiger partial charge in [0.1, 0.15) is 13.2 Å². The molecule has 0 aliphatic carbocycles. The first kappa shape index (κ1) is 33.1. The number of anilines is 1. The summed E-state index contributed by atoms with van der Waals surface area (Å²) in [6.07, 6.45) is 0.457. The van der Waals surface area contributed by atoms with E-state index in [4.69, 9.17) is 4.74 Å². The number of benzene rings is 4. The molecule has 4 aromatic carbocycles. The number of aromatic carboxylic acids is 1. The van der Waals surface area contributed by atoms with E-state index in [0.717, 1.165) is 24.2 Å². The molecule has 0 unspecified atom stereocenters. The number of carboxylic acid groups (broad SMARTS) is 1. The van der Waals surface area contributed by atoms with Crippen LogP contribution in [0.1, 0.15) is 38.7 Å². The molecule has 0 atom stereocenters. The zero-order valence-corrected chi connectivity index (χ0v) is 23.9. The molecular formula is C35H36N3NaO5. The van der Waals surface area contributed by atoms with Gasteiger partial charge in [-0.05, 0) is 46.9 Å². The summed E-state index contributed by atoms with van der Waals surface area (Å²) in [6.45, 7) is 2.21. The average Bonchev–Trinajstić information content (AvgIpc) is 3.03. The predicted octanol–water partition coefficient (Wildman–Crippen LogP) is 4.22. The molecule has 1 fully saturated rings. The van der Waals surface area contributed by atoms with Crippen molar-refractivity contribution in [2.75, 3.05) is 44.7 Å². The maximum absolute atomic E-state index is 12.9. The summed E-state index contributed by atoms with van der Waals surface area (Å²) in [5, 5.41) is 12.1. The molecular weight excluding hydrogens is 565 g/mol. The van der Waals surface area contributed by atoms with Crippen molar-refractivity contribution in [1.82, 2.24) is 9.80 Å². The Bertz CT molecular complexity index is 1500. The van der Waals surface area contributed by atoms with Gasteiger partial charge in [-0.15, -0.1) is 0 Å². The van der Waals surface area contributed by atoms with Crippen molar-refractivity contribution < 1.29 is 24.2 Å². The Kier molecular flexibility index (Phi) is 12.3. The molecule has 1 aliphatic rings. The minimum absolute atomic E-state index is 0. The zero-order valence-electron chi connectivity index (χ0n) is 23.9. The molecule has 1 heterocycles. The van der Waals surface area contributed by atoms with Crippen LogP contribution in [0.4, 0.5) is 5.69 Å². The van der Waals surface area contributed by atoms with Crippen LogP contribution in [0.3, 0.4) is 0 Å². The topological polar surface area (TPSA) is 99.2 Å². The molecule has 1 saturated heterocycles. The molecule has 4 aromatic rings. The minimum atomic E-state index is -0.986. The fourth-order valence-electron chi connectivity index (χ4n) is 5.45. The van der Waals surface area contributed by atoms with Crippen LogP contribution in [0.15, 0.2) is 109 Å². The number of rotatable bonds is 11. The second-order valence-electron chi connectivity index (χ2n) is 10.5. The van der Waals surface area contributed by atoms with Crippen molar-refractivity contribution in [3.8, 4) is 0 Å². The Balaban J connectivity index is 0.00000442. The van der Waals surface area contributed by atoms with Crippen molar-refractivity contribution in [2.45, 2.75) is 12.5 Å². The fourth-order valence-corrected chi connectivity index (χ4v) is 5.45. The summed E-state index contributed by atoms with van der Waals surface area (Å²) >= 11 is 0. The summed E-state index contributed by atoms with van der Waals surface area (Å²) < 4.78 is 5.51. The number of amides is 2. The van der Waals surface area contributed by atoms with E-state index in [1.54, 1.807) is 29.2 Å². The van der Waals surface area contributed by atoms with Gasteiger partial charge in [-0.1, -0.05) is 91.0 Å². The molecule has 8 nitrogen and oxygen atoms in total. The molecule has 0 radical (unpaired) electrons. The Morgan fingerprint density at radius 1 is 0.750 bits per heavy atom. The van der Waals surface area contributed by atoms with Gasteiger partial charge >= 0.3 is 35.5 Å². The van der Waals surface area contributed by atoms with E-state index in [2.05, 4.69) is 58.7 Å². The first-order valence-electron chi connectivity index (χ1n) is 14.4. The van der Waals surface area contributed by atoms with E-state index in [1.807, 2.05) is 36.4 Å². The third-order valence-electron chi connectivity index (χ3n) is 7.58. The molecule has 2 amide bonds. The van der Waals surface area contributed by atoms with Crippen LogP contribution in [0.5, 0.6) is 0 Å². The summed E-state index contributed by atoms with van der Waals surface area (Å²) in [5.74, 6) is -1.49. The van der Waals surface area contributed by atoms with Gasteiger partial charge < -0.3 is 20.1 Å². The fraction of sp³-hybridized carbons (Fsp3) is 0.229. The Labute approximate surface area is 279 Å². The van der Waals surface area contributed by atoms with Crippen molar-refractivity contribution in [3.63, 3.8) is 0 Å². The second kappa shape index (κ2) is 16.3. The van der Waals surface area contributed by atoms with Gasteiger partial charge in [0.05, 0.1) is 11.6 Å². The predicted molar refractivity (Wildman–Crippen MR) is 172 cm³/mol. The monoisotopic (exact) mass is 601 g/mol. The van der Waals surface area contributed by atoms with Gasteiger partial charge in [-0.25, -0.2) is 4.79 Å². The number of hydrogen-bond acceptors (Lipinski definition) is 5. The second-order valence-corrected chi connectivity index (χ2v) is 10.5. The number of ether oxygens (including phenoxy) is 1. The van der Waals surface area contributed by atoms with E-state index in [0.29, 0.717) is 25.2 Å². The molecule has 0 saturated carbocycles. The molecule has 0 spiro atoms.